The van der Waals surface area contributed by atoms with Gasteiger partial charge in [-0.25, -0.2) is 4.90 Å². The highest BCUT2D eigenvalue weighted by molar-refractivity contribution is 8.00. The lowest BCUT2D eigenvalue weighted by Gasteiger charge is -2.31. The van der Waals surface area contributed by atoms with Gasteiger partial charge in [-0.3, -0.25) is 23.7 Å². The number of benzene rings is 3. The summed E-state index contributed by atoms with van der Waals surface area (Å²) in [4.78, 5) is 56.0. The zero-order valence-corrected chi connectivity index (χ0v) is 25.7. The lowest BCUT2D eigenvalue weighted by atomic mass is 9.83. The van der Waals surface area contributed by atoms with Crippen LogP contribution in [0, 0.1) is 12.8 Å². The SMILES string of the molecule is COc1ccc([C@@H]2c3sc(=O)n(CC(=O)Nc4ccccc4C)c3S[C@H]3C(=O)N(c4ccc(Cl)cc4)C(=O)[C@@H]23)cc1OC. The Balaban J connectivity index is 1.44. The lowest BCUT2D eigenvalue weighted by molar-refractivity contribution is -0.122. The first kappa shape index (κ1) is 29.0. The molecule has 1 aromatic heterocycles. The molecule has 3 heterocycles. The fourth-order valence-corrected chi connectivity index (χ4v) is 8.45. The van der Waals surface area contributed by atoms with Crippen molar-refractivity contribution in [2.24, 2.45) is 5.92 Å². The van der Waals surface area contributed by atoms with Crippen molar-refractivity contribution in [3.8, 4) is 11.5 Å². The van der Waals surface area contributed by atoms with Crippen molar-refractivity contribution in [3.63, 3.8) is 0 Å². The van der Waals surface area contributed by atoms with E-state index >= 15 is 0 Å². The van der Waals surface area contributed by atoms with Gasteiger partial charge in [0.1, 0.15) is 11.8 Å². The molecule has 220 valence electrons. The summed E-state index contributed by atoms with van der Waals surface area (Å²) < 4.78 is 12.4. The van der Waals surface area contributed by atoms with Crippen LogP contribution in [-0.2, 0) is 20.9 Å². The molecule has 43 heavy (non-hydrogen) atoms. The molecule has 0 unspecified atom stereocenters. The third-order valence-electron chi connectivity index (χ3n) is 7.62. The Morgan fingerprint density at radius 1 is 0.953 bits per heavy atom. The van der Waals surface area contributed by atoms with Crippen molar-refractivity contribution in [1.82, 2.24) is 4.57 Å². The Morgan fingerprint density at radius 3 is 2.37 bits per heavy atom. The molecule has 12 heteroatoms. The monoisotopic (exact) mass is 635 g/mol. The standard InChI is InChI=1S/C31H26ClN3O6S2/c1-16-6-4-5-7-20(16)33-23(36)15-34-30-27(43-31(34)39)24(17-8-13-21(40-2)22(14-17)41-3)25-26(42-30)29(38)35(28(25)37)19-11-9-18(32)10-12-19/h4-14,24-26H,15H2,1-3H3,(H,33,36)/t24-,25-,26+/m0/s1. The first-order valence-corrected chi connectivity index (χ1v) is 15.4. The van der Waals surface area contributed by atoms with E-state index < -0.39 is 23.0 Å². The summed E-state index contributed by atoms with van der Waals surface area (Å²) in [7, 11) is 3.04. The molecule has 9 nitrogen and oxygen atoms in total. The van der Waals surface area contributed by atoms with Crippen LogP contribution in [0.4, 0.5) is 11.4 Å². The first-order chi connectivity index (χ1) is 20.7. The number of methoxy groups -OCH3 is 2. The van der Waals surface area contributed by atoms with E-state index in [9.17, 15) is 19.2 Å². The van der Waals surface area contributed by atoms with Crippen LogP contribution in [0.25, 0.3) is 0 Å². The minimum absolute atomic E-state index is 0.245. The normalized spacial score (nSPS) is 19.2. The van der Waals surface area contributed by atoms with E-state index in [0.717, 1.165) is 28.7 Å². The number of amides is 3. The molecule has 0 saturated carbocycles. The minimum atomic E-state index is -0.826. The molecule has 4 aromatic rings. The van der Waals surface area contributed by atoms with Crippen LogP contribution in [0.3, 0.4) is 0 Å². The Morgan fingerprint density at radius 2 is 1.67 bits per heavy atom. The number of imide groups is 1. The number of rotatable bonds is 7. The van der Waals surface area contributed by atoms with Crippen LogP contribution < -0.4 is 24.6 Å². The van der Waals surface area contributed by atoms with E-state index in [1.54, 1.807) is 42.5 Å². The van der Waals surface area contributed by atoms with Crippen LogP contribution in [0.5, 0.6) is 11.5 Å². The van der Waals surface area contributed by atoms with E-state index in [4.69, 9.17) is 21.1 Å². The number of hydrogen-bond acceptors (Lipinski definition) is 8. The number of fused-ring (bicyclic) bond motifs is 2. The maximum Gasteiger partial charge on any atom is 0.308 e. The quantitative estimate of drug-likeness (QED) is 0.274. The topological polar surface area (TPSA) is 107 Å². The fraction of sp³-hybridized carbons (Fsp3) is 0.226. The maximum atomic E-state index is 14.1. The summed E-state index contributed by atoms with van der Waals surface area (Å²) in [5.74, 6) is -1.64. The van der Waals surface area contributed by atoms with Gasteiger partial charge in [0.05, 0.1) is 30.9 Å². The van der Waals surface area contributed by atoms with Gasteiger partial charge in [-0.05, 0) is 60.5 Å². The Bertz CT molecular complexity index is 1820. The van der Waals surface area contributed by atoms with E-state index in [1.165, 1.54) is 23.7 Å². The number of hydrogen-bond donors (Lipinski definition) is 1. The Hall–Kier alpha value is -4.06. The van der Waals surface area contributed by atoms with Crippen LogP contribution >= 0.6 is 34.7 Å². The number of aryl methyl sites for hydroxylation is 1. The van der Waals surface area contributed by atoms with Gasteiger partial charge in [0, 0.05) is 21.5 Å². The van der Waals surface area contributed by atoms with Crippen molar-refractivity contribution >= 4 is 63.8 Å². The summed E-state index contributed by atoms with van der Waals surface area (Å²) in [6.07, 6.45) is 0. The van der Waals surface area contributed by atoms with Crippen molar-refractivity contribution in [1.29, 1.82) is 0 Å². The predicted octanol–water partition coefficient (Wildman–Crippen LogP) is 5.32. The summed E-state index contributed by atoms with van der Waals surface area (Å²) in [6.45, 7) is 1.64. The van der Waals surface area contributed by atoms with E-state index in [1.807, 2.05) is 31.2 Å². The molecular formula is C31H26ClN3O6S2. The highest BCUT2D eigenvalue weighted by Gasteiger charge is 2.57. The van der Waals surface area contributed by atoms with Crippen LogP contribution in [-0.4, -0.2) is 41.8 Å². The minimum Gasteiger partial charge on any atom is -0.493 e. The molecule has 2 aliphatic rings. The van der Waals surface area contributed by atoms with Gasteiger partial charge in [-0.15, -0.1) is 0 Å². The molecule has 0 spiro atoms. The number of carbonyl (C=O) groups is 3. The lowest BCUT2D eigenvalue weighted by Crippen LogP contribution is -2.33. The van der Waals surface area contributed by atoms with Crippen molar-refractivity contribution in [2.45, 2.75) is 29.7 Å². The maximum absolute atomic E-state index is 14.1. The second kappa shape index (κ2) is 11.6. The zero-order chi connectivity index (χ0) is 30.4. The van der Waals surface area contributed by atoms with Gasteiger partial charge >= 0.3 is 4.87 Å². The van der Waals surface area contributed by atoms with Crippen LogP contribution in [0.15, 0.2) is 76.6 Å². The number of anilines is 2. The van der Waals surface area contributed by atoms with Gasteiger partial charge in [0.2, 0.25) is 17.7 Å². The van der Waals surface area contributed by atoms with E-state index in [-0.39, 0.29) is 23.2 Å². The molecule has 0 radical (unpaired) electrons. The molecule has 0 aliphatic carbocycles. The summed E-state index contributed by atoms with van der Waals surface area (Å²) >= 11 is 8.21. The smallest absolute Gasteiger partial charge is 0.308 e. The molecule has 2 aliphatic heterocycles. The molecule has 3 aromatic carbocycles. The highest BCUT2D eigenvalue weighted by Crippen LogP contribution is 2.54. The number of nitrogens with zero attached hydrogens (tertiary/aromatic N) is 2. The molecule has 1 saturated heterocycles. The molecule has 1 fully saturated rings. The highest BCUT2D eigenvalue weighted by atomic mass is 35.5. The third-order valence-corrected chi connectivity index (χ3v) is 10.5. The van der Waals surface area contributed by atoms with Crippen LogP contribution in [0.1, 0.15) is 21.9 Å². The predicted molar refractivity (Wildman–Crippen MR) is 167 cm³/mol. The third kappa shape index (κ3) is 5.11. The number of para-hydroxylation sites is 1. The summed E-state index contributed by atoms with van der Waals surface area (Å²) in [5, 5.41) is 3.02. The van der Waals surface area contributed by atoms with Gasteiger partial charge in [0.15, 0.2) is 11.5 Å². The summed E-state index contributed by atoms with van der Waals surface area (Å²) in [6, 6.07) is 19.2. The largest absolute Gasteiger partial charge is 0.493 e. The van der Waals surface area contributed by atoms with E-state index in [2.05, 4.69) is 5.32 Å². The molecule has 1 N–H and O–H groups in total. The molecular weight excluding hydrogens is 610 g/mol. The van der Waals surface area contributed by atoms with Crippen molar-refractivity contribution < 1.29 is 23.9 Å². The molecule has 3 atom stereocenters. The number of nitrogens with one attached hydrogen (secondary N) is 1. The second-order valence-electron chi connectivity index (χ2n) is 10.1. The average molecular weight is 636 g/mol. The fourth-order valence-electron chi connectivity index (χ4n) is 5.55. The van der Waals surface area contributed by atoms with Gasteiger partial charge in [0.25, 0.3) is 0 Å². The summed E-state index contributed by atoms with van der Waals surface area (Å²) in [5.41, 5.74) is 2.64. The Labute approximate surface area is 260 Å². The number of carbonyl (C=O) groups excluding carboxylic acids is 3. The van der Waals surface area contributed by atoms with Gasteiger partial charge < -0.3 is 14.8 Å². The number of thioether (sulfide) groups is 1. The zero-order valence-electron chi connectivity index (χ0n) is 23.3. The van der Waals surface area contributed by atoms with Crippen LogP contribution in [0.2, 0.25) is 5.02 Å². The second-order valence-corrected chi connectivity index (χ2v) is 12.7. The van der Waals surface area contributed by atoms with E-state index in [0.29, 0.717) is 43.4 Å². The first-order valence-electron chi connectivity index (χ1n) is 13.3. The van der Waals surface area contributed by atoms with Crippen molar-refractivity contribution in [2.75, 3.05) is 24.4 Å². The number of ether oxygens (including phenoxy) is 2. The molecule has 3 amide bonds. The van der Waals surface area contributed by atoms with Gasteiger partial charge in [-0.1, -0.05) is 59.0 Å². The number of thiazole rings is 1. The van der Waals surface area contributed by atoms with Gasteiger partial charge in [-0.2, -0.15) is 0 Å². The van der Waals surface area contributed by atoms with Crippen molar-refractivity contribution in [3.05, 3.63) is 97.4 Å². The number of aromatic nitrogens is 1. The Kier molecular flexibility index (Phi) is 7.80. The average Bonchev–Trinajstić information content (AvgIpc) is 3.44. The number of halogens is 1. The molecule has 0 bridgehead atoms. The molecule has 6 rings (SSSR count).